The maximum atomic E-state index is 12.4. The van der Waals surface area contributed by atoms with Crippen LogP contribution in [-0.2, 0) is 21.2 Å². The molecule has 0 spiro atoms. The second kappa shape index (κ2) is 8.26. The molecule has 1 aliphatic heterocycles. The first kappa shape index (κ1) is 20.2. The van der Waals surface area contributed by atoms with Crippen LogP contribution in [-0.4, -0.2) is 34.1 Å². The number of nitrogens with one attached hydrogen (secondary N) is 1. The quantitative estimate of drug-likeness (QED) is 0.738. The molecular weight excluding hydrogens is 384 g/mol. The predicted molar refractivity (Wildman–Crippen MR) is 102 cm³/mol. The van der Waals surface area contributed by atoms with Gasteiger partial charge >= 0.3 is 5.63 Å². The number of aryl methyl sites for hydroxylation is 1. The van der Waals surface area contributed by atoms with Crippen molar-refractivity contribution in [2.24, 2.45) is 5.14 Å². The number of amides is 1. The van der Waals surface area contributed by atoms with Crippen molar-refractivity contribution in [2.75, 3.05) is 19.8 Å². The Balaban J connectivity index is 1.62. The monoisotopic (exact) mass is 406 g/mol. The van der Waals surface area contributed by atoms with Crippen LogP contribution < -0.4 is 16.1 Å². The summed E-state index contributed by atoms with van der Waals surface area (Å²) in [5.41, 5.74) is 0.727. The van der Waals surface area contributed by atoms with E-state index in [1.165, 1.54) is 12.1 Å². The SMILES string of the molecule is Cc1cc(C2CCOC2)oc(=O)c1C(=O)NCCc1ccc(S(N)(=O)=O)cc1. The molecule has 8 nitrogen and oxygen atoms in total. The normalized spacial score (nSPS) is 16.9. The minimum atomic E-state index is -3.73. The van der Waals surface area contributed by atoms with Gasteiger partial charge in [0.15, 0.2) is 0 Å². The van der Waals surface area contributed by atoms with Gasteiger partial charge in [-0.3, -0.25) is 4.79 Å². The molecule has 0 bridgehead atoms. The number of nitrogens with two attached hydrogens (primary N) is 1. The summed E-state index contributed by atoms with van der Waals surface area (Å²) in [6, 6.07) is 7.81. The lowest BCUT2D eigenvalue weighted by atomic mass is 10.0. The molecule has 3 rings (SSSR count). The van der Waals surface area contributed by atoms with E-state index in [9.17, 15) is 18.0 Å². The van der Waals surface area contributed by atoms with Crippen molar-refractivity contribution in [3.63, 3.8) is 0 Å². The third-order valence-corrected chi connectivity index (χ3v) is 5.61. The number of carbonyl (C=O) groups excluding carboxylic acids is 1. The van der Waals surface area contributed by atoms with Gasteiger partial charge in [-0.25, -0.2) is 18.4 Å². The Hall–Kier alpha value is -2.49. The van der Waals surface area contributed by atoms with E-state index in [0.717, 1.165) is 12.0 Å². The molecular formula is C19H22N2O6S. The van der Waals surface area contributed by atoms with Gasteiger partial charge in [0.25, 0.3) is 5.91 Å². The van der Waals surface area contributed by atoms with Crippen LogP contribution in [0, 0.1) is 6.92 Å². The van der Waals surface area contributed by atoms with E-state index >= 15 is 0 Å². The van der Waals surface area contributed by atoms with E-state index in [0.29, 0.717) is 31.0 Å². The number of carbonyl (C=O) groups is 1. The van der Waals surface area contributed by atoms with Crippen LogP contribution in [0.5, 0.6) is 0 Å². The molecule has 150 valence electrons. The highest BCUT2D eigenvalue weighted by Crippen LogP contribution is 2.25. The van der Waals surface area contributed by atoms with Gasteiger partial charge in [0.2, 0.25) is 10.0 Å². The Morgan fingerprint density at radius 1 is 1.29 bits per heavy atom. The number of benzene rings is 1. The molecule has 2 aromatic rings. The van der Waals surface area contributed by atoms with Crippen LogP contribution in [0.2, 0.25) is 0 Å². The van der Waals surface area contributed by atoms with Crippen molar-refractivity contribution < 1.29 is 22.4 Å². The Morgan fingerprint density at radius 3 is 2.57 bits per heavy atom. The summed E-state index contributed by atoms with van der Waals surface area (Å²) in [5.74, 6) is 0.0944. The summed E-state index contributed by atoms with van der Waals surface area (Å²) in [5, 5.41) is 7.76. The van der Waals surface area contributed by atoms with Gasteiger partial charge in [-0.1, -0.05) is 12.1 Å². The summed E-state index contributed by atoms with van der Waals surface area (Å²) < 4.78 is 33.2. The third-order valence-electron chi connectivity index (χ3n) is 4.68. The molecule has 0 radical (unpaired) electrons. The van der Waals surface area contributed by atoms with Crippen molar-refractivity contribution in [2.45, 2.75) is 30.6 Å². The van der Waals surface area contributed by atoms with Crippen molar-refractivity contribution in [1.29, 1.82) is 0 Å². The van der Waals surface area contributed by atoms with Crippen LogP contribution >= 0.6 is 0 Å². The van der Waals surface area contributed by atoms with Crippen LogP contribution in [0.15, 0.2) is 44.4 Å². The highest BCUT2D eigenvalue weighted by atomic mass is 32.2. The average molecular weight is 406 g/mol. The average Bonchev–Trinajstić information content (AvgIpc) is 3.15. The van der Waals surface area contributed by atoms with E-state index in [-0.39, 0.29) is 22.9 Å². The van der Waals surface area contributed by atoms with Crippen molar-refractivity contribution in [3.05, 3.63) is 63.2 Å². The van der Waals surface area contributed by atoms with E-state index in [1.807, 2.05) is 0 Å². The fourth-order valence-corrected chi connectivity index (χ4v) is 3.64. The van der Waals surface area contributed by atoms with Gasteiger partial charge < -0.3 is 14.5 Å². The predicted octanol–water partition coefficient (Wildman–Crippen LogP) is 1.07. The van der Waals surface area contributed by atoms with Gasteiger partial charge in [-0.05, 0) is 49.1 Å². The molecule has 0 saturated carbocycles. The summed E-state index contributed by atoms with van der Waals surface area (Å²) >= 11 is 0. The summed E-state index contributed by atoms with van der Waals surface area (Å²) in [7, 11) is -3.73. The van der Waals surface area contributed by atoms with Gasteiger partial charge in [-0.15, -0.1) is 0 Å². The molecule has 2 heterocycles. The molecule has 9 heteroatoms. The summed E-state index contributed by atoms with van der Waals surface area (Å²) in [4.78, 5) is 24.7. The molecule has 3 N–H and O–H groups in total. The number of rotatable bonds is 6. The summed E-state index contributed by atoms with van der Waals surface area (Å²) in [6.45, 7) is 3.13. The molecule has 1 aromatic heterocycles. The molecule has 1 amide bonds. The van der Waals surface area contributed by atoms with Crippen molar-refractivity contribution in [1.82, 2.24) is 5.32 Å². The molecule has 1 aromatic carbocycles. The Labute approximate surface area is 162 Å². The molecule has 28 heavy (non-hydrogen) atoms. The minimum Gasteiger partial charge on any atom is -0.427 e. The second-order valence-corrected chi connectivity index (χ2v) is 8.31. The van der Waals surface area contributed by atoms with E-state index in [4.69, 9.17) is 14.3 Å². The lowest BCUT2D eigenvalue weighted by molar-refractivity contribution is 0.0949. The lowest BCUT2D eigenvalue weighted by Crippen LogP contribution is -2.31. The first-order chi connectivity index (χ1) is 13.3. The first-order valence-electron chi connectivity index (χ1n) is 8.88. The third kappa shape index (κ3) is 4.67. The number of sulfonamides is 1. The zero-order valence-corrected chi connectivity index (χ0v) is 16.3. The van der Waals surface area contributed by atoms with Crippen LogP contribution in [0.3, 0.4) is 0 Å². The minimum absolute atomic E-state index is 0.00719. The highest BCUT2D eigenvalue weighted by Gasteiger charge is 2.24. The number of ether oxygens (including phenoxy) is 1. The largest absolute Gasteiger partial charge is 0.427 e. The van der Waals surface area contributed by atoms with Crippen LogP contribution in [0.4, 0.5) is 0 Å². The van der Waals surface area contributed by atoms with Crippen LogP contribution in [0.25, 0.3) is 0 Å². The van der Waals surface area contributed by atoms with Gasteiger partial charge in [0.05, 0.1) is 11.5 Å². The van der Waals surface area contributed by atoms with Gasteiger partial charge in [0, 0.05) is 19.1 Å². The van der Waals surface area contributed by atoms with Crippen molar-refractivity contribution in [3.8, 4) is 0 Å². The van der Waals surface area contributed by atoms with Crippen molar-refractivity contribution >= 4 is 15.9 Å². The number of primary sulfonamides is 1. The molecule has 1 aliphatic rings. The molecule has 1 fully saturated rings. The molecule has 1 atom stereocenters. The van der Waals surface area contributed by atoms with Crippen LogP contribution in [0.1, 0.15) is 39.6 Å². The number of hydrogen-bond donors (Lipinski definition) is 2. The fourth-order valence-electron chi connectivity index (χ4n) is 3.12. The van der Waals surface area contributed by atoms with Gasteiger partial charge in [0.1, 0.15) is 11.3 Å². The standard InChI is InChI=1S/C19H22N2O6S/c1-12-10-16(14-7-9-26-11-14)27-19(23)17(12)18(22)21-8-6-13-2-4-15(5-3-13)28(20,24)25/h2-5,10,14H,6-9,11H2,1H3,(H,21,22)(H2,20,24,25). The molecule has 1 saturated heterocycles. The second-order valence-electron chi connectivity index (χ2n) is 6.75. The maximum absolute atomic E-state index is 12.4. The smallest absolute Gasteiger partial charge is 0.349 e. The van der Waals surface area contributed by atoms with Gasteiger partial charge in [-0.2, -0.15) is 0 Å². The van der Waals surface area contributed by atoms with E-state index in [2.05, 4.69) is 5.32 Å². The van der Waals surface area contributed by atoms with E-state index < -0.39 is 21.6 Å². The zero-order chi connectivity index (χ0) is 20.3. The maximum Gasteiger partial charge on any atom is 0.349 e. The Kier molecular flexibility index (Phi) is 5.97. The zero-order valence-electron chi connectivity index (χ0n) is 15.4. The summed E-state index contributed by atoms with van der Waals surface area (Å²) in [6.07, 6.45) is 1.26. The number of hydrogen-bond acceptors (Lipinski definition) is 6. The Bertz CT molecular complexity index is 1020. The molecule has 0 aliphatic carbocycles. The first-order valence-corrected chi connectivity index (χ1v) is 10.4. The molecule has 1 unspecified atom stereocenters. The Morgan fingerprint density at radius 2 is 2.00 bits per heavy atom. The highest BCUT2D eigenvalue weighted by molar-refractivity contribution is 7.89. The van der Waals surface area contributed by atoms with E-state index in [1.54, 1.807) is 25.1 Å². The fraction of sp³-hybridized carbons (Fsp3) is 0.368. The lowest BCUT2D eigenvalue weighted by Gasteiger charge is -2.10. The topological polar surface area (TPSA) is 129 Å².